The second kappa shape index (κ2) is 5.07. The molecule has 0 saturated heterocycles. The molecule has 4 heteroatoms. The van der Waals surface area contributed by atoms with Crippen LogP contribution in [0.25, 0.3) is 0 Å². The van der Waals surface area contributed by atoms with E-state index in [1.54, 1.807) is 11.3 Å². The van der Waals surface area contributed by atoms with Crippen LogP contribution in [0.15, 0.2) is 23.6 Å². The van der Waals surface area contributed by atoms with E-state index in [1.165, 1.54) is 5.56 Å². The maximum absolute atomic E-state index is 5.94. The lowest BCUT2D eigenvalue weighted by molar-refractivity contribution is 0.883. The van der Waals surface area contributed by atoms with Crippen LogP contribution in [-0.2, 0) is 0 Å². The normalized spacial score (nSPS) is 12.5. The highest BCUT2D eigenvalue weighted by Crippen LogP contribution is 2.27. The molecule has 2 aromatic heterocycles. The monoisotopic (exact) mass is 266 g/mol. The van der Waals surface area contributed by atoms with Crippen molar-refractivity contribution in [1.82, 2.24) is 4.98 Å². The zero-order chi connectivity index (χ0) is 12.4. The molecule has 17 heavy (non-hydrogen) atoms. The maximum atomic E-state index is 5.94. The van der Waals surface area contributed by atoms with Crippen LogP contribution in [0.3, 0.4) is 0 Å². The standard InChI is InChI=1S/C13H15ClN2S/c1-8-4-5-12(10(3)15-8)16-9(2)11-6-13(14)17-7-11/h4-7,9,16H,1-3H3. The third-order valence-corrected chi connectivity index (χ3v) is 3.79. The number of hydrogen-bond acceptors (Lipinski definition) is 3. The van der Waals surface area contributed by atoms with Crippen LogP contribution < -0.4 is 5.32 Å². The molecule has 0 amide bonds. The molecule has 0 aliphatic carbocycles. The molecule has 90 valence electrons. The Morgan fingerprint density at radius 3 is 2.71 bits per heavy atom. The molecule has 2 heterocycles. The van der Waals surface area contributed by atoms with Gasteiger partial charge in [0.05, 0.1) is 15.7 Å². The molecular formula is C13H15ClN2S. The summed E-state index contributed by atoms with van der Waals surface area (Å²) in [5, 5.41) is 5.53. The maximum Gasteiger partial charge on any atom is 0.0931 e. The van der Waals surface area contributed by atoms with Crippen LogP contribution in [0, 0.1) is 13.8 Å². The summed E-state index contributed by atoms with van der Waals surface area (Å²) in [4.78, 5) is 4.44. The van der Waals surface area contributed by atoms with Crippen molar-refractivity contribution in [1.29, 1.82) is 0 Å². The Morgan fingerprint density at radius 1 is 1.35 bits per heavy atom. The van der Waals surface area contributed by atoms with Gasteiger partial charge in [0.1, 0.15) is 0 Å². The van der Waals surface area contributed by atoms with E-state index in [0.717, 1.165) is 21.4 Å². The first-order valence-corrected chi connectivity index (χ1v) is 6.77. The van der Waals surface area contributed by atoms with Gasteiger partial charge in [0.2, 0.25) is 0 Å². The zero-order valence-corrected chi connectivity index (χ0v) is 11.7. The summed E-state index contributed by atoms with van der Waals surface area (Å²) in [5.41, 5.74) is 4.35. The number of nitrogens with one attached hydrogen (secondary N) is 1. The minimum atomic E-state index is 0.238. The van der Waals surface area contributed by atoms with E-state index in [4.69, 9.17) is 11.6 Å². The molecule has 1 N–H and O–H groups in total. The first-order chi connectivity index (χ1) is 8.06. The Morgan fingerprint density at radius 2 is 2.12 bits per heavy atom. The van der Waals surface area contributed by atoms with Crippen LogP contribution in [0.1, 0.15) is 29.9 Å². The van der Waals surface area contributed by atoms with Gasteiger partial charge in [0, 0.05) is 11.7 Å². The van der Waals surface area contributed by atoms with E-state index in [1.807, 2.05) is 26.0 Å². The van der Waals surface area contributed by atoms with Crippen LogP contribution in [0.4, 0.5) is 5.69 Å². The fourth-order valence-electron chi connectivity index (χ4n) is 1.71. The van der Waals surface area contributed by atoms with Gasteiger partial charge in [0.15, 0.2) is 0 Å². The molecule has 2 nitrogen and oxygen atoms in total. The van der Waals surface area contributed by atoms with Crippen molar-refractivity contribution < 1.29 is 0 Å². The Hall–Kier alpha value is -1.06. The van der Waals surface area contributed by atoms with Crippen molar-refractivity contribution in [2.75, 3.05) is 5.32 Å². The molecule has 0 aliphatic rings. The van der Waals surface area contributed by atoms with E-state index in [2.05, 4.69) is 28.7 Å². The summed E-state index contributed by atoms with van der Waals surface area (Å²) < 4.78 is 0.826. The Balaban J connectivity index is 2.15. The van der Waals surface area contributed by atoms with Crippen LogP contribution >= 0.6 is 22.9 Å². The number of aromatic nitrogens is 1. The van der Waals surface area contributed by atoms with E-state index in [9.17, 15) is 0 Å². The van der Waals surface area contributed by atoms with Gasteiger partial charge in [-0.2, -0.15) is 0 Å². The summed E-state index contributed by atoms with van der Waals surface area (Å²) in [6.45, 7) is 6.14. The van der Waals surface area contributed by atoms with E-state index in [-0.39, 0.29) is 6.04 Å². The van der Waals surface area contributed by atoms with Gasteiger partial charge >= 0.3 is 0 Å². The number of nitrogens with zero attached hydrogens (tertiary/aromatic N) is 1. The minimum Gasteiger partial charge on any atom is -0.377 e. The van der Waals surface area contributed by atoms with E-state index in [0.29, 0.717) is 0 Å². The van der Waals surface area contributed by atoms with Crippen molar-refractivity contribution in [3.05, 3.63) is 44.9 Å². The van der Waals surface area contributed by atoms with Crippen molar-refractivity contribution in [2.24, 2.45) is 0 Å². The number of hydrogen-bond donors (Lipinski definition) is 1. The van der Waals surface area contributed by atoms with Gasteiger partial charge in [-0.1, -0.05) is 11.6 Å². The second-order valence-corrected chi connectivity index (χ2v) is 5.68. The summed E-state index contributed by atoms with van der Waals surface area (Å²) in [6.07, 6.45) is 0. The quantitative estimate of drug-likeness (QED) is 0.879. The summed E-state index contributed by atoms with van der Waals surface area (Å²) in [7, 11) is 0. The number of aryl methyl sites for hydroxylation is 2. The highest BCUT2D eigenvalue weighted by molar-refractivity contribution is 7.14. The molecule has 0 saturated carbocycles. The van der Waals surface area contributed by atoms with Crippen molar-refractivity contribution >= 4 is 28.6 Å². The fraction of sp³-hybridized carbons (Fsp3) is 0.308. The summed E-state index contributed by atoms with van der Waals surface area (Å²) in [5.74, 6) is 0. The lowest BCUT2D eigenvalue weighted by atomic mass is 10.1. The van der Waals surface area contributed by atoms with Gasteiger partial charge < -0.3 is 5.32 Å². The van der Waals surface area contributed by atoms with E-state index < -0.39 is 0 Å². The third kappa shape index (κ3) is 2.99. The van der Waals surface area contributed by atoms with Crippen molar-refractivity contribution in [3.63, 3.8) is 0 Å². The zero-order valence-electron chi connectivity index (χ0n) is 10.1. The molecule has 1 unspecified atom stereocenters. The Kier molecular flexibility index (Phi) is 3.69. The average molecular weight is 267 g/mol. The average Bonchev–Trinajstić information content (AvgIpc) is 2.69. The predicted octanol–water partition coefficient (Wildman–Crippen LogP) is 4.59. The molecular weight excluding hydrogens is 252 g/mol. The minimum absolute atomic E-state index is 0.238. The van der Waals surface area contributed by atoms with Crippen molar-refractivity contribution in [3.8, 4) is 0 Å². The fourth-order valence-corrected chi connectivity index (χ4v) is 2.69. The second-order valence-electron chi connectivity index (χ2n) is 4.14. The number of thiophene rings is 1. The van der Waals surface area contributed by atoms with E-state index >= 15 is 0 Å². The molecule has 0 bridgehead atoms. The molecule has 0 aliphatic heterocycles. The Labute approximate surface area is 111 Å². The highest BCUT2D eigenvalue weighted by atomic mass is 35.5. The predicted molar refractivity (Wildman–Crippen MR) is 75.1 cm³/mol. The molecule has 0 radical (unpaired) electrons. The highest BCUT2D eigenvalue weighted by Gasteiger charge is 2.09. The lowest BCUT2D eigenvalue weighted by Gasteiger charge is -2.15. The van der Waals surface area contributed by atoms with Crippen LogP contribution in [0.5, 0.6) is 0 Å². The number of anilines is 1. The first kappa shape index (κ1) is 12.4. The first-order valence-electron chi connectivity index (χ1n) is 5.51. The molecule has 2 aromatic rings. The van der Waals surface area contributed by atoms with Gasteiger partial charge in [-0.3, -0.25) is 4.98 Å². The number of pyridine rings is 1. The molecule has 2 rings (SSSR count). The lowest BCUT2D eigenvalue weighted by Crippen LogP contribution is -2.07. The van der Waals surface area contributed by atoms with Crippen LogP contribution in [-0.4, -0.2) is 4.98 Å². The topological polar surface area (TPSA) is 24.9 Å². The van der Waals surface area contributed by atoms with Crippen LogP contribution in [0.2, 0.25) is 4.34 Å². The third-order valence-electron chi connectivity index (χ3n) is 2.68. The van der Waals surface area contributed by atoms with Gasteiger partial charge in [0.25, 0.3) is 0 Å². The van der Waals surface area contributed by atoms with Gasteiger partial charge in [-0.05, 0) is 49.9 Å². The van der Waals surface area contributed by atoms with Gasteiger partial charge in [-0.15, -0.1) is 11.3 Å². The SMILES string of the molecule is Cc1ccc(NC(C)c2csc(Cl)c2)c(C)n1. The number of halogens is 1. The summed E-state index contributed by atoms with van der Waals surface area (Å²) in [6, 6.07) is 6.33. The largest absolute Gasteiger partial charge is 0.377 e. The molecule has 0 aromatic carbocycles. The Bertz CT molecular complexity index is 522. The number of rotatable bonds is 3. The molecule has 0 fully saturated rings. The van der Waals surface area contributed by atoms with Gasteiger partial charge in [-0.25, -0.2) is 0 Å². The summed E-state index contributed by atoms with van der Waals surface area (Å²) >= 11 is 7.50. The molecule has 0 spiro atoms. The van der Waals surface area contributed by atoms with Crippen molar-refractivity contribution in [2.45, 2.75) is 26.8 Å². The smallest absolute Gasteiger partial charge is 0.0931 e. The molecule has 1 atom stereocenters.